The number of rotatable bonds is 4. The lowest BCUT2D eigenvalue weighted by molar-refractivity contribution is 0.461. The molecule has 1 saturated carbocycles. The van der Waals surface area contributed by atoms with Crippen molar-refractivity contribution < 1.29 is 12.8 Å². The van der Waals surface area contributed by atoms with E-state index in [1.807, 2.05) is 0 Å². The van der Waals surface area contributed by atoms with Crippen LogP contribution in [0.4, 0.5) is 10.2 Å². The van der Waals surface area contributed by atoms with Crippen LogP contribution in [0.15, 0.2) is 44.6 Å². The Bertz CT molecular complexity index is 946. The predicted molar refractivity (Wildman–Crippen MR) is 94.0 cm³/mol. The van der Waals surface area contributed by atoms with Gasteiger partial charge in [0, 0.05) is 22.8 Å². The van der Waals surface area contributed by atoms with Crippen molar-refractivity contribution in [2.75, 3.05) is 5.73 Å². The van der Waals surface area contributed by atoms with Crippen molar-refractivity contribution in [3.63, 3.8) is 0 Å². The first kappa shape index (κ1) is 18.0. The van der Waals surface area contributed by atoms with Crippen LogP contribution in [-0.2, 0) is 10.0 Å². The molecule has 3 N–H and O–H groups in total. The molecule has 10 heteroatoms. The van der Waals surface area contributed by atoms with Gasteiger partial charge in [-0.05, 0) is 43.5 Å². The maximum Gasteiger partial charge on any atom is 0.349 e. The van der Waals surface area contributed by atoms with Gasteiger partial charge >= 0.3 is 5.69 Å². The van der Waals surface area contributed by atoms with Crippen LogP contribution in [-0.4, -0.2) is 24.0 Å². The Labute approximate surface area is 152 Å². The van der Waals surface area contributed by atoms with E-state index < -0.39 is 27.3 Å². The molecule has 1 aliphatic carbocycles. The molecule has 1 fully saturated rings. The Hall–Kier alpha value is -1.78. The van der Waals surface area contributed by atoms with Gasteiger partial charge in [-0.15, -0.1) is 0 Å². The van der Waals surface area contributed by atoms with Crippen LogP contribution in [0.25, 0.3) is 0 Å². The van der Waals surface area contributed by atoms with Crippen molar-refractivity contribution in [2.24, 2.45) is 0 Å². The zero-order chi connectivity index (χ0) is 18.2. The number of nitrogens with zero attached hydrogens (tertiary/aromatic N) is 2. The molecule has 7 nitrogen and oxygen atoms in total. The molecule has 134 valence electrons. The van der Waals surface area contributed by atoms with Crippen LogP contribution in [0.2, 0.25) is 0 Å². The maximum absolute atomic E-state index is 13.6. The van der Waals surface area contributed by atoms with Gasteiger partial charge in [0.25, 0.3) is 0 Å². The Morgan fingerprint density at radius 2 is 1.96 bits per heavy atom. The van der Waals surface area contributed by atoms with Crippen molar-refractivity contribution >= 4 is 31.8 Å². The number of nitrogens with one attached hydrogen (secondary N) is 1. The summed E-state index contributed by atoms with van der Waals surface area (Å²) < 4.78 is 43.0. The van der Waals surface area contributed by atoms with Crippen molar-refractivity contribution in [1.29, 1.82) is 0 Å². The first-order valence-corrected chi connectivity index (χ1v) is 9.86. The van der Waals surface area contributed by atoms with Crippen molar-refractivity contribution in [2.45, 2.75) is 36.2 Å². The molecule has 1 heterocycles. The van der Waals surface area contributed by atoms with Gasteiger partial charge in [-0.25, -0.2) is 22.3 Å². The fourth-order valence-electron chi connectivity index (χ4n) is 2.94. The largest absolute Gasteiger partial charge is 0.381 e. The number of hydrogen-bond donors (Lipinski definition) is 2. The Balaban J connectivity index is 1.74. The van der Waals surface area contributed by atoms with E-state index in [1.54, 1.807) is 12.1 Å². The fourth-order valence-corrected chi connectivity index (χ4v) is 4.49. The number of nitrogen functional groups attached to an aromatic ring is 1. The van der Waals surface area contributed by atoms with Crippen LogP contribution < -0.4 is 16.1 Å². The summed E-state index contributed by atoms with van der Waals surface area (Å²) in [6.07, 6.45) is 2.49. The molecule has 0 saturated heterocycles. The first-order chi connectivity index (χ1) is 11.8. The molecule has 0 amide bonds. The minimum Gasteiger partial charge on any atom is -0.381 e. The normalized spacial score (nSPS) is 20.7. The lowest BCUT2D eigenvalue weighted by atomic mass is 10.2. The molecule has 0 bridgehead atoms. The molecule has 1 aromatic heterocycles. The van der Waals surface area contributed by atoms with Crippen LogP contribution in [0.1, 0.15) is 25.3 Å². The topological polar surface area (TPSA) is 107 Å². The monoisotopic (exact) mass is 430 g/mol. The lowest BCUT2D eigenvalue weighted by Gasteiger charge is -2.15. The number of aromatic nitrogens is 2. The van der Waals surface area contributed by atoms with Gasteiger partial charge in [-0.1, -0.05) is 15.9 Å². The number of halogens is 2. The van der Waals surface area contributed by atoms with E-state index in [4.69, 9.17) is 5.73 Å². The molecular formula is C15H16BrFN4O3S. The van der Waals surface area contributed by atoms with Gasteiger partial charge < -0.3 is 5.73 Å². The molecule has 2 aromatic rings. The SMILES string of the molecule is Nc1nc(=O)n([C@H]2CC[C@H](NS(=O)(=O)c3ccc(Br)cc3)C2)cc1F. The third-order valence-corrected chi connectivity index (χ3v) is 6.24. The highest BCUT2D eigenvalue weighted by Crippen LogP contribution is 2.30. The Kier molecular flexibility index (Phi) is 4.94. The zero-order valence-electron chi connectivity index (χ0n) is 13.0. The summed E-state index contributed by atoms with van der Waals surface area (Å²) in [5.41, 5.74) is 4.64. The van der Waals surface area contributed by atoms with Gasteiger partial charge in [0.2, 0.25) is 10.0 Å². The number of benzene rings is 1. The Morgan fingerprint density at radius 1 is 1.28 bits per heavy atom. The van der Waals surface area contributed by atoms with E-state index in [0.29, 0.717) is 19.3 Å². The average molecular weight is 431 g/mol. The Morgan fingerprint density at radius 3 is 2.64 bits per heavy atom. The van der Waals surface area contributed by atoms with Gasteiger partial charge in [0.05, 0.1) is 4.90 Å². The van der Waals surface area contributed by atoms with Gasteiger partial charge in [-0.2, -0.15) is 4.98 Å². The van der Waals surface area contributed by atoms with E-state index in [1.165, 1.54) is 16.7 Å². The minimum absolute atomic E-state index is 0.163. The van der Waals surface area contributed by atoms with Gasteiger partial charge in [0.1, 0.15) is 0 Å². The molecular weight excluding hydrogens is 415 g/mol. The van der Waals surface area contributed by atoms with E-state index in [2.05, 4.69) is 25.6 Å². The number of sulfonamides is 1. The average Bonchev–Trinajstić information content (AvgIpc) is 2.98. The van der Waals surface area contributed by atoms with Crippen molar-refractivity contribution in [3.05, 3.63) is 51.2 Å². The lowest BCUT2D eigenvalue weighted by Crippen LogP contribution is -2.34. The molecule has 2 atom stereocenters. The highest BCUT2D eigenvalue weighted by molar-refractivity contribution is 9.10. The molecule has 0 spiro atoms. The summed E-state index contributed by atoms with van der Waals surface area (Å²) in [5, 5.41) is 0. The molecule has 1 aliphatic rings. The number of nitrogens with two attached hydrogens (primary N) is 1. The molecule has 3 rings (SSSR count). The van der Waals surface area contributed by atoms with E-state index >= 15 is 0 Å². The van der Waals surface area contributed by atoms with E-state index in [9.17, 15) is 17.6 Å². The first-order valence-electron chi connectivity index (χ1n) is 7.58. The number of anilines is 1. The fraction of sp³-hybridized carbons (Fsp3) is 0.333. The third kappa shape index (κ3) is 3.91. The van der Waals surface area contributed by atoms with Crippen molar-refractivity contribution in [3.8, 4) is 0 Å². The quantitative estimate of drug-likeness (QED) is 0.768. The van der Waals surface area contributed by atoms with E-state index in [0.717, 1.165) is 10.7 Å². The van der Waals surface area contributed by atoms with Gasteiger partial charge in [0.15, 0.2) is 11.6 Å². The standard InChI is InChI=1S/C15H16BrFN4O3S/c16-9-1-5-12(6-2-9)25(23,24)20-10-3-4-11(7-10)21-8-13(17)14(18)19-15(21)22/h1-2,5-6,8,10-11,20H,3-4,7H2,(H2,18,19,22)/t10-,11-/m0/s1. The smallest absolute Gasteiger partial charge is 0.349 e. The molecule has 0 unspecified atom stereocenters. The third-order valence-electron chi connectivity index (χ3n) is 4.18. The highest BCUT2D eigenvalue weighted by atomic mass is 79.9. The second kappa shape index (κ2) is 6.85. The summed E-state index contributed by atoms with van der Waals surface area (Å²) in [7, 11) is -3.66. The van der Waals surface area contributed by atoms with Crippen LogP contribution >= 0.6 is 15.9 Å². The second-order valence-corrected chi connectivity index (χ2v) is 8.53. The zero-order valence-corrected chi connectivity index (χ0v) is 15.4. The summed E-state index contributed by atoms with van der Waals surface area (Å²) in [6, 6.07) is 5.63. The summed E-state index contributed by atoms with van der Waals surface area (Å²) in [6.45, 7) is 0. The highest BCUT2D eigenvalue weighted by Gasteiger charge is 2.30. The second-order valence-electron chi connectivity index (χ2n) is 5.90. The summed E-state index contributed by atoms with van der Waals surface area (Å²) in [4.78, 5) is 15.5. The predicted octanol–water partition coefficient (Wildman–Crippen LogP) is 1.80. The molecule has 0 radical (unpaired) electrons. The van der Waals surface area contributed by atoms with Gasteiger partial charge in [-0.3, -0.25) is 4.57 Å². The minimum atomic E-state index is -3.66. The van der Waals surface area contributed by atoms with Crippen molar-refractivity contribution in [1.82, 2.24) is 14.3 Å². The van der Waals surface area contributed by atoms with Crippen LogP contribution in [0.5, 0.6) is 0 Å². The molecule has 25 heavy (non-hydrogen) atoms. The number of hydrogen-bond acceptors (Lipinski definition) is 5. The summed E-state index contributed by atoms with van der Waals surface area (Å²) >= 11 is 3.26. The summed E-state index contributed by atoms with van der Waals surface area (Å²) in [5.74, 6) is -1.20. The van der Waals surface area contributed by atoms with Crippen LogP contribution in [0.3, 0.4) is 0 Å². The van der Waals surface area contributed by atoms with Crippen LogP contribution in [0, 0.1) is 5.82 Å². The molecule has 1 aromatic carbocycles. The van der Waals surface area contributed by atoms with E-state index in [-0.39, 0.29) is 17.0 Å². The maximum atomic E-state index is 13.6. The molecule has 0 aliphatic heterocycles.